The Morgan fingerprint density at radius 1 is 1.23 bits per heavy atom. The molecule has 1 atom stereocenters. The molecule has 1 rings (SSSR count). The van der Waals surface area contributed by atoms with Crippen molar-refractivity contribution in [3.63, 3.8) is 0 Å². The maximum atomic E-state index is 12.6. The van der Waals surface area contributed by atoms with Crippen molar-refractivity contribution in [3.05, 3.63) is 23.3 Å². The first-order valence-corrected chi connectivity index (χ1v) is 7.98. The molecule has 0 aliphatic carbocycles. The Hall–Kier alpha value is -1.55. The highest BCUT2D eigenvalue weighted by Gasteiger charge is 2.33. The maximum absolute atomic E-state index is 12.6. The van der Waals surface area contributed by atoms with E-state index in [0.717, 1.165) is 41.8 Å². The summed E-state index contributed by atoms with van der Waals surface area (Å²) < 4.78 is 11.1. The van der Waals surface area contributed by atoms with E-state index in [2.05, 4.69) is 12.2 Å². The van der Waals surface area contributed by atoms with Crippen molar-refractivity contribution in [3.8, 4) is 5.75 Å². The predicted octanol–water partition coefficient (Wildman–Crippen LogP) is 4.24. The minimum absolute atomic E-state index is 0.0910. The minimum atomic E-state index is -0.785. The first kappa shape index (κ1) is 18.5. The van der Waals surface area contributed by atoms with E-state index in [4.69, 9.17) is 9.47 Å². The number of benzene rings is 1. The Kier molecular flexibility index (Phi) is 6.88. The number of nitrogens with one attached hydrogen (secondary N) is 1. The molecule has 1 aromatic carbocycles. The van der Waals surface area contributed by atoms with E-state index >= 15 is 0 Å². The number of carbonyl (C=O) groups is 1. The topological polar surface area (TPSA) is 47.6 Å². The molecule has 4 nitrogen and oxygen atoms in total. The molecule has 0 saturated carbocycles. The van der Waals surface area contributed by atoms with Gasteiger partial charge in [-0.3, -0.25) is 4.79 Å². The fourth-order valence-corrected chi connectivity index (χ4v) is 2.69. The highest BCUT2D eigenvalue weighted by molar-refractivity contribution is 5.97. The smallest absolute Gasteiger partial charge is 0.256 e. The molecule has 0 spiro atoms. The van der Waals surface area contributed by atoms with Crippen molar-refractivity contribution >= 4 is 11.6 Å². The Morgan fingerprint density at radius 2 is 1.82 bits per heavy atom. The first-order valence-electron chi connectivity index (χ1n) is 7.98. The summed E-state index contributed by atoms with van der Waals surface area (Å²) in [6.45, 7) is 10.4. The van der Waals surface area contributed by atoms with E-state index in [9.17, 15) is 4.79 Å². The molecule has 0 unspecified atom stereocenters. The van der Waals surface area contributed by atoms with Crippen molar-refractivity contribution in [2.45, 2.75) is 59.5 Å². The van der Waals surface area contributed by atoms with Gasteiger partial charge in [-0.2, -0.15) is 0 Å². The predicted molar refractivity (Wildman–Crippen MR) is 90.7 cm³/mol. The van der Waals surface area contributed by atoms with Gasteiger partial charge in [0.05, 0.1) is 7.11 Å². The Bertz CT molecular complexity index is 490. The highest BCUT2D eigenvalue weighted by atomic mass is 16.5. The second-order valence-electron chi connectivity index (χ2n) is 5.86. The highest BCUT2D eigenvalue weighted by Crippen LogP contribution is 2.28. The van der Waals surface area contributed by atoms with Gasteiger partial charge < -0.3 is 14.8 Å². The number of amides is 1. The summed E-state index contributed by atoms with van der Waals surface area (Å²) in [4.78, 5) is 12.6. The van der Waals surface area contributed by atoms with Crippen LogP contribution in [0.4, 0.5) is 5.69 Å². The number of rotatable bonds is 8. The van der Waals surface area contributed by atoms with Crippen LogP contribution in [-0.2, 0) is 9.53 Å². The lowest BCUT2D eigenvalue weighted by atomic mass is 9.97. The van der Waals surface area contributed by atoms with Gasteiger partial charge in [0.2, 0.25) is 0 Å². The third kappa shape index (κ3) is 4.47. The van der Waals surface area contributed by atoms with Crippen LogP contribution in [-0.4, -0.2) is 25.2 Å². The lowest BCUT2D eigenvalue weighted by Crippen LogP contribution is -2.42. The van der Waals surface area contributed by atoms with Gasteiger partial charge in [0, 0.05) is 12.3 Å². The van der Waals surface area contributed by atoms with Crippen molar-refractivity contribution in [2.75, 3.05) is 19.0 Å². The summed E-state index contributed by atoms with van der Waals surface area (Å²) in [5.41, 5.74) is 2.00. The van der Waals surface area contributed by atoms with E-state index in [1.54, 1.807) is 7.11 Å². The number of methoxy groups -OCH3 is 1. The number of aryl methyl sites for hydroxylation is 2. The van der Waals surface area contributed by atoms with Gasteiger partial charge >= 0.3 is 0 Å². The quantitative estimate of drug-likeness (QED) is 0.781. The van der Waals surface area contributed by atoms with Crippen LogP contribution in [0.1, 0.15) is 51.2 Å². The van der Waals surface area contributed by atoms with E-state index < -0.39 is 5.60 Å². The van der Waals surface area contributed by atoms with Crippen LogP contribution >= 0.6 is 0 Å². The van der Waals surface area contributed by atoms with Crippen molar-refractivity contribution in [1.82, 2.24) is 0 Å². The normalized spacial score (nSPS) is 13.5. The Morgan fingerprint density at radius 3 is 2.27 bits per heavy atom. The third-order valence-electron chi connectivity index (χ3n) is 3.87. The molecular formula is C18H29NO3. The number of ether oxygens (including phenoxy) is 2. The first-order chi connectivity index (χ1) is 10.4. The summed E-state index contributed by atoms with van der Waals surface area (Å²) in [5, 5.41) is 2.99. The number of hydrogen-bond donors (Lipinski definition) is 1. The summed E-state index contributed by atoms with van der Waals surface area (Å²) in [6, 6.07) is 3.85. The molecule has 1 aromatic rings. The van der Waals surface area contributed by atoms with E-state index in [1.165, 1.54) is 0 Å². The second kappa shape index (κ2) is 8.18. The standard InChI is InChI=1S/C18H29NO3/c1-7-9-10-18(5,22-8-2)17(20)19-15-11-13(3)16(21-6)14(4)12-15/h11-12H,7-10H2,1-6H3,(H,19,20)/t18-/m0/s1. The van der Waals surface area contributed by atoms with Gasteiger partial charge in [0.1, 0.15) is 11.4 Å². The Balaban J connectivity index is 2.94. The molecule has 0 bridgehead atoms. The molecule has 0 aliphatic heterocycles. The fourth-order valence-electron chi connectivity index (χ4n) is 2.69. The number of anilines is 1. The van der Waals surface area contributed by atoms with Gasteiger partial charge in [-0.05, 0) is 57.4 Å². The van der Waals surface area contributed by atoms with Crippen LogP contribution in [0.3, 0.4) is 0 Å². The summed E-state index contributed by atoms with van der Waals surface area (Å²) in [6.07, 6.45) is 2.72. The second-order valence-corrected chi connectivity index (χ2v) is 5.86. The van der Waals surface area contributed by atoms with Crippen LogP contribution in [0.15, 0.2) is 12.1 Å². The van der Waals surface area contributed by atoms with Crippen LogP contribution in [0.2, 0.25) is 0 Å². The average molecular weight is 307 g/mol. The molecule has 0 aliphatic rings. The zero-order chi connectivity index (χ0) is 16.8. The van der Waals surface area contributed by atoms with Gasteiger partial charge in [-0.15, -0.1) is 0 Å². The lowest BCUT2D eigenvalue weighted by Gasteiger charge is -2.28. The van der Waals surface area contributed by atoms with E-state index in [0.29, 0.717) is 6.61 Å². The van der Waals surface area contributed by atoms with Crippen LogP contribution in [0.5, 0.6) is 5.75 Å². The van der Waals surface area contributed by atoms with Gasteiger partial charge in [-0.25, -0.2) is 0 Å². The lowest BCUT2D eigenvalue weighted by molar-refractivity contribution is -0.139. The number of carbonyl (C=O) groups excluding carboxylic acids is 1. The van der Waals surface area contributed by atoms with Crippen LogP contribution in [0.25, 0.3) is 0 Å². The largest absolute Gasteiger partial charge is 0.496 e. The molecule has 0 aromatic heterocycles. The zero-order valence-corrected chi connectivity index (χ0v) is 14.7. The van der Waals surface area contributed by atoms with E-state index in [1.807, 2.05) is 39.8 Å². The fraction of sp³-hybridized carbons (Fsp3) is 0.611. The molecule has 0 saturated heterocycles. The molecule has 0 radical (unpaired) electrons. The molecule has 0 fully saturated rings. The molecule has 124 valence electrons. The molecule has 4 heteroatoms. The molecule has 1 amide bonds. The van der Waals surface area contributed by atoms with Crippen molar-refractivity contribution < 1.29 is 14.3 Å². The minimum Gasteiger partial charge on any atom is -0.496 e. The monoisotopic (exact) mass is 307 g/mol. The molecular weight excluding hydrogens is 278 g/mol. The number of hydrogen-bond acceptors (Lipinski definition) is 3. The van der Waals surface area contributed by atoms with Crippen molar-refractivity contribution in [2.24, 2.45) is 0 Å². The van der Waals surface area contributed by atoms with Crippen molar-refractivity contribution in [1.29, 1.82) is 0 Å². The SMILES string of the molecule is CCCC[C@](C)(OCC)C(=O)Nc1cc(C)c(OC)c(C)c1. The molecule has 0 heterocycles. The third-order valence-corrected chi connectivity index (χ3v) is 3.87. The molecule has 22 heavy (non-hydrogen) atoms. The summed E-state index contributed by atoms with van der Waals surface area (Å²) >= 11 is 0. The van der Waals surface area contributed by atoms with E-state index in [-0.39, 0.29) is 5.91 Å². The molecule has 1 N–H and O–H groups in total. The van der Waals surface area contributed by atoms with Crippen LogP contribution < -0.4 is 10.1 Å². The Labute approximate surface area is 134 Å². The maximum Gasteiger partial charge on any atom is 0.256 e. The summed E-state index contributed by atoms with van der Waals surface area (Å²) in [5.74, 6) is 0.767. The van der Waals surface area contributed by atoms with Gasteiger partial charge in [0.15, 0.2) is 0 Å². The van der Waals surface area contributed by atoms with Gasteiger partial charge in [0.25, 0.3) is 5.91 Å². The average Bonchev–Trinajstić information content (AvgIpc) is 2.45. The summed E-state index contributed by atoms with van der Waals surface area (Å²) in [7, 11) is 1.66. The van der Waals surface area contributed by atoms with Crippen LogP contribution in [0, 0.1) is 13.8 Å². The number of unbranched alkanes of at least 4 members (excludes halogenated alkanes) is 1. The zero-order valence-electron chi connectivity index (χ0n) is 14.7. The van der Waals surface area contributed by atoms with Gasteiger partial charge in [-0.1, -0.05) is 19.8 Å².